The van der Waals surface area contributed by atoms with Crippen LogP contribution in [0, 0.1) is 6.92 Å². The molecule has 2 heterocycles. The second-order valence-corrected chi connectivity index (χ2v) is 7.17. The molecule has 2 aromatic carbocycles. The van der Waals surface area contributed by atoms with Crippen LogP contribution in [0.5, 0.6) is 0 Å². The number of aryl methyl sites for hydroxylation is 1. The Kier molecular flexibility index (Phi) is 5.51. The van der Waals surface area contributed by atoms with Crippen LogP contribution in [0.25, 0.3) is 22.4 Å². The first-order chi connectivity index (χ1) is 14.1. The molecule has 0 saturated heterocycles. The van der Waals surface area contributed by atoms with Gasteiger partial charge in [-0.15, -0.1) is 0 Å². The number of benzene rings is 2. The van der Waals surface area contributed by atoms with E-state index in [-0.39, 0.29) is 12.2 Å². The third-order valence-electron chi connectivity index (χ3n) is 5.22. The van der Waals surface area contributed by atoms with Crippen LogP contribution < -0.4 is 0 Å². The number of hydrogen-bond acceptors (Lipinski definition) is 5. The van der Waals surface area contributed by atoms with Gasteiger partial charge in [0.05, 0.1) is 11.6 Å². The standard InChI is InChI=1S/C24H25NO4/c1-15(23-16(2)28-24(25-23)18-8-6-5-7-9-18)21-14-19-12-17(10-11-20(19)29-21)13-22(26-3)27-4/h5-12,14-15,22H,13H2,1-4H3. The summed E-state index contributed by atoms with van der Waals surface area (Å²) in [6.07, 6.45) is 0.425. The van der Waals surface area contributed by atoms with Crippen molar-refractivity contribution in [1.29, 1.82) is 0 Å². The summed E-state index contributed by atoms with van der Waals surface area (Å²) in [5.74, 6) is 2.29. The molecular weight excluding hydrogens is 366 g/mol. The van der Waals surface area contributed by atoms with Crippen molar-refractivity contribution >= 4 is 11.0 Å². The Hall–Kier alpha value is -2.89. The summed E-state index contributed by atoms with van der Waals surface area (Å²) < 4.78 is 22.7. The highest BCUT2D eigenvalue weighted by molar-refractivity contribution is 5.79. The van der Waals surface area contributed by atoms with Gasteiger partial charge in [-0.1, -0.05) is 24.3 Å². The molecule has 0 radical (unpaired) electrons. The van der Waals surface area contributed by atoms with E-state index in [0.717, 1.165) is 39.3 Å². The normalized spacial score (nSPS) is 12.7. The van der Waals surface area contributed by atoms with Crippen molar-refractivity contribution in [2.75, 3.05) is 14.2 Å². The van der Waals surface area contributed by atoms with Gasteiger partial charge < -0.3 is 18.3 Å². The smallest absolute Gasteiger partial charge is 0.226 e. The van der Waals surface area contributed by atoms with Gasteiger partial charge in [0, 0.05) is 31.6 Å². The van der Waals surface area contributed by atoms with Crippen molar-refractivity contribution < 1.29 is 18.3 Å². The average Bonchev–Trinajstić information content (AvgIpc) is 3.35. The maximum absolute atomic E-state index is 6.12. The van der Waals surface area contributed by atoms with Gasteiger partial charge in [-0.2, -0.15) is 0 Å². The second-order valence-electron chi connectivity index (χ2n) is 7.17. The van der Waals surface area contributed by atoms with Gasteiger partial charge in [-0.25, -0.2) is 4.98 Å². The van der Waals surface area contributed by atoms with E-state index in [2.05, 4.69) is 19.1 Å². The summed E-state index contributed by atoms with van der Waals surface area (Å²) in [4.78, 5) is 4.75. The number of ether oxygens (including phenoxy) is 2. The molecule has 4 rings (SSSR count). The van der Waals surface area contributed by atoms with E-state index in [4.69, 9.17) is 23.3 Å². The molecule has 0 spiro atoms. The topological polar surface area (TPSA) is 57.6 Å². The third-order valence-corrected chi connectivity index (χ3v) is 5.22. The molecule has 0 aliphatic heterocycles. The van der Waals surface area contributed by atoms with E-state index in [0.29, 0.717) is 12.3 Å². The number of methoxy groups -OCH3 is 2. The number of fused-ring (bicyclic) bond motifs is 1. The largest absolute Gasteiger partial charge is 0.460 e. The molecule has 0 aliphatic rings. The van der Waals surface area contributed by atoms with Crippen molar-refractivity contribution in [2.24, 2.45) is 0 Å². The minimum absolute atomic E-state index is 0.0160. The molecule has 0 saturated carbocycles. The molecule has 0 N–H and O–H groups in total. The maximum atomic E-state index is 6.12. The first kappa shape index (κ1) is 19.4. The number of oxazole rings is 1. The van der Waals surface area contributed by atoms with Crippen LogP contribution in [0.3, 0.4) is 0 Å². The molecule has 5 nitrogen and oxygen atoms in total. The lowest BCUT2D eigenvalue weighted by molar-refractivity contribution is -0.100. The predicted octanol–water partition coefficient (Wildman–Crippen LogP) is 5.71. The van der Waals surface area contributed by atoms with Crippen LogP contribution in [0.4, 0.5) is 0 Å². The van der Waals surface area contributed by atoms with Crippen LogP contribution in [0.1, 0.15) is 35.6 Å². The molecule has 29 heavy (non-hydrogen) atoms. The number of aromatic nitrogens is 1. The molecule has 4 aromatic rings. The summed E-state index contributed by atoms with van der Waals surface area (Å²) in [6, 6.07) is 18.2. The van der Waals surface area contributed by atoms with E-state index >= 15 is 0 Å². The van der Waals surface area contributed by atoms with Gasteiger partial charge in [0.1, 0.15) is 17.1 Å². The fourth-order valence-corrected chi connectivity index (χ4v) is 3.56. The summed E-state index contributed by atoms with van der Waals surface area (Å²) in [6.45, 7) is 4.03. The van der Waals surface area contributed by atoms with Crippen LogP contribution in [-0.2, 0) is 15.9 Å². The lowest BCUT2D eigenvalue weighted by Crippen LogP contribution is -2.15. The van der Waals surface area contributed by atoms with E-state index in [9.17, 15) is 0 Å². The molecule has 5 heteroatoms. The molecule has 1 unspecified atom stereocenters. The van der Waals surface area contributed by atoms with E-state index in [1.165, 1.54) is 0 Å². The number of furan rings is 1. The monoisotopic (exact) mass is 391 g/mol. The van der Waals surface area contributed by atoms with Gasteiger partial charge >= 0.3 is 0 Å². The summed E-state index contributed by atoms with van der Waals surface area (Å²) in [7, 11) is 3.29. The maximum Gasteiger partial charge on any atom is 0.226 e. The molecule has 2 aromatic heterocycles. The molecular formula is C24H25NO4. The van der Waals surface area contributed by atoms with Crippen molar-refractivity contribution in [3.63, 3.8) is 0 Å². The highest BCUT2D eigenvalue weighted by atomic mass is 16.7. The Morgan fingerprint density at radius 2 is 1.72 bits per heavy atom. The van der Waals surface area contributed by atoms with Crippen molar-refractivity contribution in [3.8, 4) is 11.5 Å². The van der Waals surface area contributed by atoms with Crippen LogP contribution in [0.15, 0.2) is 63.4 Å². The Morgan fingerprint density at radius 1 is 0.966 bits per heavy atom. The molecule has 0 fully saturated rings. The zero-order valence-electron chi connectivity index (χ0n) is 17.1. The fraction of sp³-hybridized carbons (Fsp3) is 0.292. The van der Waals surface area contributed by atoms with Gasteiger partial charge in [0.25, 0.3) is 0 Å². The van der Waals surface area contributed by atoms with Crippen LogP contribution in [-0.4, -0.2) is 25.5 Å². The van der Waals surface area contributed by atoms with Gasteiger partial charge in [0.15, 0.2) is 6.29 Å². The molecule has 1 atom stereocenters. The third kappa shape index (κ3) is 3.97. The zero-order chi connectivity index (χ0) is 20.4. The minimum atomic E-state index is -0.257. The number of hydrogen-bond donors (Lipinski definition) is 0. The number of rotatable bonds is 7. The van der Waals surface area contributed by atoms with E-state index in [1.807, 2.05) is 49.4 Å². The average molecular weight is 391 g/mol. The van der Waals surface area contributed by atoms with Crippen LogP contribution >= 0.6 is 0 Å². The molecule has 0 amide bonds. The van der Waals surface area contributed by atoms with Crippen molar-refractivity contribution in [2.45, 2.75) is 32.5 Å². The van der Waals surface area contributed by atoms with Gasteiger partial charge in [0.2, 0.25) is 5.89 Å². The quantitative estimate of drug-likeness (QED) is 0.378. The Balaban J connectivity index is 1.62. The highest BCUT2D eigenvalue weighted by Gasteiger charge is 2.22. The summed E-state index contributed by atoms with van der Waals surface area (Å²) in [5.41, 5.74) is 3.85. The molecule has 0 bridgehead atoms. The Bertz CT molecular complexity index is 1090. The number of nitrogens with zero attached hydrogens (tertiary/aromatic N) is 1. The van der Waals surface area contributed by atoms with Gasteiger partial charge in [-0.05, 0) is 49.7 Å². The minimum Gasteiger partial charge on any atom is -0.460 e. The van der Waals surface area contributed by atoms with Gasteiger partial charge in [-0.3, -0.25) is 0 Å². The van der Waals surface area contributed by atoms with E-state index < -0.39 is 0 Å². The fourth-order valence-electron chi connectivity index (χ4n) is 3.56. The first-order valence-corrected chi connectivity index (χ1v) is 9.69. The van der Waals surface area contributed by atoms with E-state index in [1.54, 1.807) is 14.2 Å². The SMILES string of the molecule is COC(Cc1ccc2oc(C(C)c3nc(-c4ccccc4)oc3C)cc2c1)OC. The van der Waals surface area contributed by atoms with Crippen molar-refractivity contribution in [3.05, 3.63) is 77.4 Å². The lowest BCUT2D eigenvalue weighted by Gasteiger charge is -2.12. The molecule has 150 valence electrons. The zero-order valence-corrected chi connectivity index (χ0v) is 17.1. The van der Waals surface area contributed by atoms with Crippen LogP contribution in [0.2, 0.25) is 0 Å². The second kappa shape index (κ2) is 8.23. The highest BCUT2D eigenvalue weighted by Crippen LogP contribution is 2.33. The van der Waals surface area contributed by atoms with Crippen molar-refractivity contribution in [1.82, 2.24) is 4.98 Å². The Labute approximate surface area is 170 Å². The first-order valence-electron chi connectivity index (χ1n) is 9.69. The Morgan fingerprint density at radius 3 is 2.45 bits per heavy atom. The summed E-state index contributed by atoms with van der Waals surface area (Å²) >= 11 is 0. The predicted molar refractivity (Wildman–Crippen MR) is 112 cm³/mol. The summed E-state index contributed by atoms with van der Waals surface area (Å²) in [5, 5.41) is 1.06. The lowest BCUT2D eigenvalue weighted by atomic mass is 10.0. The molecule has 0 aliphatic carbocycles.